The Morgan fingerprint density at radius 1 is 1.16 bits per heavy atom. The van der Waals surface area contributed by atoms with Gasteiger partial charge in [-0.1, -0.05) is 28.1 Å². The molecule has 3 heteroatoms. The van der Waals surface area contributed by atoms with Gasteiger partial charge in [0, 0.05) is 24.1 Å². The van der Waals surface area contributed by atoms with Crippen LogP contribution in [0.2, 0.25) is 0 Å². The summed E-state index contributed by atoms with van der Waals surface area (Å²) < 4.78 is 1.17. The zero-order valence-corrected chi connectivity index (χ0v) is 13.1. The molecule has 2 aliphatic heterocycles. The van der Waals surface area contributed by atoms with Crippen LogP contribution in [0.4, 0.5) is 0 Å². The number of piperidine rings is 2. The second-order valence-corrected chi connectivity index (χ2v) is 7.14. The summed E-state index contributed by atoms with van der Waals surface area (Å²) >= 11 is 3.51. The first-order valence-corrected chi connectivity index (χ1v) is 8.23. The largest absolute Gasteiger partial charge is 0.316 e. The van der Waals surface area contributed by atoms with E-state index in [1.807, 2.05) is 0 Å². The third kappa shape index (κ3) is 3.39. The molecule has 0 aromatic heterocycles. The minimum absolute atomic E-state index is 0.561. The van der Waals surface area contributed by atoms with Gasteiger partial charge in [-0.25, -0.2) is 0 Å². The molecule has 2 saturated heterocycles. The molecule has 1 aromatic carbocycles. The van der Waals surface area contributed by atoms with Crippen molar-refractivity contribution < 1.29 is 0 Å². The Morgan fingerprint density at radius 2 is 1.95 bits per heavy atom. The van der Waals surface area contributed by atoms with Crippen molar-refractivity contribution in [3.8, 4) is 0 Å². The summed E-state index contributed by atoms with van der Waals surface area (Å²) in [5.74, 6) is 0. The van der Waals surface area contributed by atoms with Gasteiger partial charge < -0.3 is 5.32 Å². The average molecular weight is 323 g/mol. The lowest BCUT2D eigenvalue weighted by Gasteiger charge is -2.45. The molecule has 0 aliphatic carbocycles. The Balaban J connectivity index is 1.63. The highest BCUT2D eigenvalue weighted by atomic mass is 79.9. The summed E-state index contributed by atoms with van der Waals surface area (Å²) in [7, 11) is 0. The van der Waals surface area contributed by atoms with Gasteiger partial charge in [0.1, 0.15) is 0 Å². The standard InChI is InChI=1S/C16H23BrN2/c17-15-5-3-14(4-6-15)11-19-10-2-8-16(13-19)7-1-9-18-12-16/h3-6,18H,1-2,7-13H2. The van der Waals surface area contributed by atoms with Gasteiger partial charge in [0.05, 0.1) is 0 Å². The predicted molar refractivity (Wildman–Crippen MR) is 83.2 cm³/mol. The maximum atomic E-state index is 3.60. The molecule has 1 aromatic rings. The summed E-state index contributed by atoms with van der Waals surface area (Å²) in [5, 5.41) is 3.60. The topological polar surface area (TPSA) is 15.3 Å². The quantitative estimate of drug-likeness (QED) is 0.897. The first-order chi connectivity index (χ1) is 9.26. The molecule has 1 N–H and O–H groups in total. The molecule has 1 spiro atoms. The number of benzene rings is 1. The van der Waals surface area contributed by atoms with E-state index < -0.39 is 0 Å². The van der Waals surface area contributed by atoms with E-state index in [4.69, 9.17) is 0 Å². The summed E-state index contributed by atoms with van der Waals surface area (Å²) in [4.78, 5) is 2.65. The van der Waals surface area contributed by atoms with E-state index in [9.17, 15) is 0 Å². The van der Waals surface area contributed by atoms with Crippen LogP contribution in [-0.2, 0) is 6.54 Å². The van der Waals surface area contributed by atoms with E-state index in [1.165, 1.54) is 61.9 Å². The smallest absolute Gasteiger partial charge is 0.0233 e. The first kappa shape index (κ1) is 13.6. The molecule has 19 heavy (non-hydrogen) atoms. The molecule has 1 unspecified atom stereocenters. The fourth-order valence-corrected chi connectivity index (χ4v) is 3.94. The SMILES string of the molecule is Brc1ccc(CN2CCCC3(CCCNC3)C2)cc1. The lowest BCUT2D eigenvalue weighted by molar-refractivity contribution is 0.0601. The minimum atomic E-state index is 0.561. The van der Waals surface area contributed by atoms with Crippen molar-refractivity contribution in [2.24, 2.45) is 5.41 Å². The molecule has 1 atom stereocenters. The van der Waals surface area contributed by atoms with Crippen molar-refractivity contribution >= 4 is 15.9 Å². The van der Waals surface area contributed by atoms with Gasteiger partial charge in [-0.2, -0.15) is 0 Å². The van der Waals surface area contributed by atoms with E-state index >= 15 is 0 Å². The van der Waals surface area contributed by atoms with E-state index in [1.54, 1.807) is 0 Å². The van der Waals surface area contributed by atoms with E-state index in [2.05, 4.69) is 50.4 Å². The number of nitrogens with one attached hydrogen (secondary N) is 1. The fourth-order valence-electron chi connectivity index (χ4n) is 3.67. The van der Waals surface area contributed by atoms with Crippen molar-refractivity contribution in [3.05, 3.63) is 34.3 Å². The van der Waals surface area contributed by atoms with Crippen LogP contribution in [0, 0.1) is 5.41 Å². The van der Waals surface area contributed by atoms with Crippen LogP contribution in [0.5, 0.6) is 0 Å². The molecule has 0 radical (unpaired) electrons. The van der Waals surface area contributed by atoms with Crippen LogP contribution < -0.4 is 5.32 Å². The molecule has 0 bridgehead atoms. The second-order valence-electron chi connectivity index (χ2n) is 6.22. The van der Waals surface area contributed by atoms with Gasteiger partial charge in [-0.05, 0) is 61.9 Å². The maximum Gasteiger partial charge on any atom is 0.0233 e. The summed E-state index contributed by atoms with van der Waals surface area (Å²) in [6, 6.07) is 8.78. The molecular formula is C16H23BrN2. The Kier molecular flexibility index (Phi) is 4.25. The predicted octanol–water partition coefficient (Wildman–Crippen LogP) is 3.41. The number of halogens is 1. The number of rotatable bonds is 2. The highest BCUT2D eigenvalue weighted by Crippen LogP contribution is 2.36. The van der Waals surface area contributed by atoms with Crippen molar-refractivity contribution in [3.63, 3.8) is 0 Å². The summed E-state index contributed by atoms with van der Waals surface area (Å²) in [5.41, 5.74) is 2.00. The molecule has 3 rings (SSSR count). The van der Waals surface area contributed by atoms with E-state index in [-0.39, 0.29) is 0 Å². The number of hydrogen-bond donors (Lipinski definition) is 1. The van der Waals surface area contributed by atoms with Crippen molar-refractivity contribution in [2.75, 3.05) is 26.2 Å². The monoisotopic (exact) mass is 322 g/mol. The molecular weight excluding hydrogens is 300 g/mol. The lowest BCUT2D eigenvalue weighted by Crippen LogP contribution is -2.50. The van der Waals surface area contributed by atoms with Crippen molar-refractivity contribution in [2.45, 2.75) is 32.2 Å². The number of hydrogen-bond acceptors (Lipinski definition) is 2. The summed E-state index contributed by atoms with van der Waals surface area (Å²) in [6.07, 6.45) is 5.54. The third-order valence-electron chi connectivity index (χ3n) is 4.62. The van der Waals surface area contributed by atoms with Gasteiger partial charge in [0.25, 0.3) is 0 Å². The Labute approximate surface area is 124 Å². The average Bonchev–Trinajstić information content (AvgIpc) is 2.42. The lowest BCUT2D eigenvalue weighted by atomic mass is 9.74. The molecule has 0 saturated carbocycles. The number of nitrogens with zero attached hydrogens (tertiary/aromatic N) is 1. The highest BCUT2D eigenvalue weighted by Gasteiger charge is 2.36. The molecule has 2 fully saturated rings. The van der Waals surface area contributed by atoms with Crippen LogP contribution >= 0.6 is 15.9 Å². The Hall–Kier alpha value is -0.380. The first-order valence-electron chi connectivity index (χ1n) is 7.43. The molecule has 2 nitrogen and oxygen atoms in total. The minimum Gasteiger partial charge on any atom is -0.316 e. The zero-order chi connectivity index (χ0) is 13.1. The molecule has 104 valence electrons. The third-order valence-corrected chi connectivity index (χ3v) is 5.15. The fraction of sp³-hybridized carbons (Fsp3) is 0.625. The van der Waals surface area contributed by atoms with Gasteiger partial charge in [-0.15, -0.1) is 0 Å². The Morgan fingerprint density at radius 3 is 2.68 bits per heavy atom. The van der Waals surface area contributed by atoms with Crippen LogP contribution in [0.15, 0.2) is 28.7 Å². The summed E-state index contributed by atoms with van der Waals surface area (Å²) in [6.45, 7) is 6.08. The molecule has 2 heterocycles. The van der Waals surface area contributed by atoms with Crippen LogP contribution in [-0.4, -0.2) is 31.1 Å². The number of likely N-dealkylation sites (tertiary alicyclic amines) is 1. The maximum absolute atomic E-state index is 3.60. The Bertz CT molecular complexity index is 404. The van der Waals surface area contributed by atoms with E-state index in [0.717, 1.165) is 6.54 Å². The second kappa shape index (κ2) is 5.94. The highest BCUT2D eigenvalue weighted by molar-refractivity contribution is 9.10. The van der Waals surface area contributed by atoms with Crippen molar-refractivity contribution in [1.29, 1.82) is 0 Å². The van der Waals surface area contributed by atoms with Gasteiger partial charge in [0.15, 0.2) is 0 Å². The van der Waals surface area contributed by atoms with Crippen molar-refractivity contribution in [1.82, 2.24) is 10.2 Å². The zero-order valence-electron chi connectivity index (χ0n) is 11.5. The van der Waals surface area contributed by atoms with Gasteiger partial charge in [-0.3, -0.25) is 4.90 Å². The molecule has 2 aliphatic rings. The van der Waals surface area contributed by atoms with Crippen LogP contribution in [0.3, 0.4) is 0 Å². The normalized spacial score (nSPS) is 28.7. The van der Waals surface area contributed by atoms with Crippen LogP contribution in [0.25, 0.3) is 0 Å². The van der Waals surface area contributed by atoms with E-state index in [0.29, 0.717) is 5.41 Å². The van der Waals surface area contributed by atoms with Gasteiger partial charge in [0.2, 0.25) is 0 Å². The van der Waals surface area contributed by atoms with Gasteiger partial charge >= 0.3 is 0 Å². The van der Waals surface area contributed by atoms with Crippen LogP contribution in [0.1, 0.15) is 31.2 Å². The molecule has 0 amide bonds.